The average molecular weight is 355 g/mol. The van der Waals surface area contributed by atoms with Gasteiger partial charge in [-0.3, -0.25) is 4.98 Å². The molecule has 1 heterocycles. The van der Waals surface area contributed by atoms with Crippen molar-refractivity contribution >= 4 is 10.9 Å². The minimum absolute atomic E-state index is 0.0245. The molecule has 1 N–H and O–H groups in total. The summed E-state index contributed by atoms with van der Waals surface area (Å²) in [5.74, 6) is -0.524. The van der Waals surface area contributed by atoms with Crippen molar-refractivity contribution in [1.82, 2.24) is 4.98 Å². The zero-order valence-electron chi connectivity index (χ0n) is 12.7. The number of aromatic hydroxyl groups is 1. The summed E-state index contributed by atoms with van der Waals surface area (Å²) >= 11 is 0. The van der Waals surface area contributed by atoms with Crippen LogP contribution >= 0.6 is 0 Å². The normalized spacial score (nSPS) is 13.6. The minimum atomic E-state index is -6.22. The average Bonchev–Trinajstić information content (AvgIpc) is 2.41. The Hall–Kier alpha value is -2.06. The molecule has 0 saturated carbocycles. The van der Waals surface area contributed by atoms with Crippen molar-refractivity contribution in [2.45, 2.75) is 38.8 Å². The smallest absolute Gasteiger partial charge is 0.435 e. The molecule has 1 aromatic heterocycles. The zero-order chi connectivity index (χ0) is 18.7. The molecule has 0 amide bonds. The molecule has 0 aliphatic rings. The number of nitrogens with zero attached hydrogens (tertiary/aromatic N) is 1. The minimum Gasteiger partial charge on any atom is -0.507 e. The van der Waals surface area contributed by atoms with Crippen LogP contribution in [0.1, 0.15) is 22.4 Å². The topological polar surface area (TPSA) is 33.1 Å². The lowest BCUT2D eigenvalue weighted by Crippen LogP contribution is -2.50. The van der Waals surface area contributed by atoms with E-state index < -0.39 is 34.9 Å². The Kier molecular flexibility index (Phi) is 3.98. The van der Waals surface area contributed by atoms with Crippen LogP contribution in [0.4, 0.5) is 30.7 Å². The van der Waals surface area contributed by atoms with Crippen molar-refractivity contribution in [3.63, 3.8) is 0 Å². The SMILES string of the molecule is Cc1nc2ccc(C(F)(C(F)(F)F)C(F)(F)F)c(C)c2c(O)c1C. The zero-order valence-corrected chi connectivity index (χ0v) is 12.7. The maximum atomic E-state index is 14.3. The van der Waals surface area contributed by atoms with Crippen LogP contribution in [0.5, 0.6) is 5.75 Å². The largest absolute Gasteiger partial charge is 0.507 e. The summed E-state index contributed by atoms with van der Waals surface area (Å²) in [5.41, 5.74) is -7.32. The second-order valence-corrected chi connectivity index (χ2v) is 5.46. The van der Waals surface area contributed by atoms with Crippen LogP contribution in [0, 0.1) is 20.8 Å². The van der Waals surface area contributed by atoms with Gasteiger partial charge in [-0.05, 0) is 32.4 Å². The number of rotatable bonds is 1. The molecule has 2 nitrogen and oxygen atoms in total. The standard InChI is InChI=1S/C15H12F7NO/c1-6-8(3)23-10-5-4-9(7(2)11(10)12(6)24)13(16,14(17,18)19)15(20,21)22/h4-5H,1-3H3,(H,23,24). The molecule has 0 fully saturated rings. The molecule has 0 aliphatic heterocycles. The highest BCUT2D eigenvalue weighted by atomic mass is 19.4. The molecule has 9 heteroatoms. The molecule has 2 rings (SSSR count). The Morgan fingerprint density at radius 2 is 1.33 bits per heavy atom. The molecule has 0 saturated heterocycles. The van der Waals surface area contributed by atoms with Crippen molar-refractivity contribution < 1.29 is 35.8 Å². The summed E-state index contributed by atoms with van der Waals surface area (Å²) in [4.78, 5) is 4.00. The van der Waals surface area contributed by atoms with Gasteiger partial charge in [-0.25, -0.2) is 4.39 Å². The van der Waals surface area contributed by atoms with E-state index in [-0.39, 0.29) is 16.5 Å². The summed E-state index contributed by atoms with van der Waals surface area (Å²) < 4.78 is 91.9. The van der Waals surface area contributed by atoms with Crippen molar-refractivity contribution in [2.24, 2.45) is 0 Å². The molecular weight excluding hydrogens is 343 g/mol. The number of fused-ring (bicyclic) bond motifs is 1. The Morgan fingerprint density at radius 3 is 1.79 bits per heavy atom. The maximum Gasteiger partial charge on any atom is 0.435 e. The van der Waals surface area contributed by atoms with E-state index in [9.17, 15) is 35.8 Å². The van der Waals surface area contributed by atoms with Crippen LogP contribution in [-0.4, -0.2) is 22.4 Å². The quantitative estimate of drug-likeness (QED) is 0.717. The van der Waals surface area contributed by atoms with E-state index in [0.717, 1.165) is 13.0 Å². The highest BCUT2D eigenvalue weighted by Gasteiger charge is 2.74. The van der Waals surface area contributed by atoms with Gasteiger partial charge in [-0.2, -0.15) is 26.3 Å². The molecule has 0 atom stereocenters. The van der Waals surface area contributed by atoms with Gasteiger partial charge in [0.25, 0.3) is 0 Å². The van der Waals surface area contributed by atoms with E-state index >= 15 is 0 Å². The molecule has 24 heavy (non-hydrogen) atoms. The highest BCUT2D eigenvalue weighted by Crippen LogP contribution is 2.54. The summed E-state index contributed by atoms with van der Waals surface area (Å²) in [6.07, 6.45) is -12.4. The predicted octanol–water partition coefficient (Wildman–Crippen LogP) is 5.16. The molecular formula is C15H12F7NO. The first kappa shape index (κ1) is 18.3. The van der Waals surface area contributed by atoms with Gasteiger partial charge in [-0.1, -0.05) is 6.07 Å². The van der Waals surface area contributed by atoms with Gasteiger partial charge >= 0.3 is 18.0 Å². The molecule has 0 spiro atoms. The molecule has 0 aliphatic carbocycles. The van der Waals surface area contributed by atoms with Crippen molar-refractivity contribution in [3.05, 3.63) is 34.5 Å². The van der Waals surface area contributed by atoms with E-state index in [1.807, 2.05) is 0 Å². The third-order valence-electron chi connectivity index (χ3n) is 4.02. The molecule has 132 valence electrons. The number of halogens is 7. The fourth-order valence-corrected chi connectivity index (χ4v) is 2.55. The number of benzene rings is 1. The van der Waals surface area contributed by atoms with E-state index in [0.29, 0.717) is 11.8 Å². The highest BCUT2D eigenvalue weighted by molar-refractivity contribution is 5.90. The lowest BCUT2D eigenvalue weighted by Gasteiger charge is -2.31. The first-order chi connectivity index (χ1) is 10.7. The van der Waals surface area contributed by atoms with Gasteiger partial charge in [-0.15, -0.1) is 0 Å². The predicted molar refractivity (Wildman–Crippen MR) is 72.5 cm³/mol. The van der Waals surface area contributed by atoms with Gasteiger partial charge in [0.1, 0.15) is 5.75 Å². The monoisotopic (exact) mass is 355 g/mol. The van der Waals surface area contributed by atoms with Crippen molar-refractivity contribution in [1.29, 1.82) is 0 Å². The Balaban J connectivity index is 2.95. The second-order valence-electron chi connectivity index (χ2n) is 5.46. The van der Waals surface area contributed by atoms with Gasteiger partial charge in [0.05, 0.1) is 5.52 Å². The fraction of sp³-hybridized carbons (Fsp3) is 0.400. The van der Waals surface area contributed by atoms with Crippen LogP contribution in [0.25, 0.3) is 10.9 Å². The van der Waals surface area contributed by atoms with Gasteiger partial charge in [0, 0.05) is 22.2 Å². The van der Waals surface area contributed by atoms with Crippen LogP contribution in [0.15, 0.2) is 12.1 Å². The number of aryl methyl sites for hydroxylation is 2. The number of alkyl halides is 7. The summed E-state index contributed by atoms with van der Waals surface area (Å²) in [5, 5.41) is 9.75. The summed E-state index contributed by atoms with van der Waals surface area (Å²) in [7, 11) is 0. The van der Waals surface area contributed by atoms with E-state index in [1.165, 1.54) is 13.8 Å². The Labute approximate surface area is 131 Å². The summed E-state index contributed by atoms with van der Waals surface area (Å²) in [6.45, 7) is 3.81. The van der Waals surface area contributed by atoms with Crippen LogP contribution in [0.3, 0.4) is 0 Å². The Morgan fingerprint density at radius 1 is 0.833 bits per heavy atom. The molecule has 0 unspecified atom stereocenters. The lowest BCUT2D eigenvalue weighted by atomic mass is 9.88. The lowest BCUT2D eigenvalue weighted by molar-refractivity contribution is -0.348. The first-order valence-corrected chi connectivity index (χ1v) is 6.65. The van der Waals surface area contributed by atoms with Crippen LogP contribution in [0.2, 0.25) is 0 Å². The molecule has 0 bridgehead atoms. The summed E-state index contributed by atoms with van der Waals surface area (Å²) in [6, 6.07) is 1.23. The third-order valence-corrected chi connectivity index (χ3v) is 4.02. The van der Waals surface area contributed by atoms with E-state index in [1.54, 1.807) is 0 Å². The molecule has 1 aromatic carbocycles. The van der Waals surface area contributed by atoms with Crippen LogP contribution in [-0.2, 0) is 5.67 Å². The first-order valence-electron chi connectivity index (χ1n) is 6.65. The number of aromatic nitrogens is 1. The molecule has 0 radical (unpaired) electrons. The Bertz CT molecular complexity index is 794. The number of pyridine rings is 1. The molecule has 2 aromatic rings. The fourth-order valence-electron chi connectivity index (χ4n) is 2.55. The number of hydrogen-bond acceptors (Lipinski definition) is 2. The second kappa shape index (κ2) is 5.22. The third kappa shape index (κ3) is 2.37. The van der Waals surface area contributed by atoms with E-state index in [4.69, 9.17) is 0 Å². The van der Waals surface area contributed by atoms with E-state index in [2.05, 4.69) is 4.98 Å². The number of hydrogen-bond donors (Lipinski definition) is 1. The van der Waals surface area contributed by atoms with Gasteiger partial charge in [0.2, 0.25) is 0 Å². The van der Waals surface area contributed by atoms with Gasteiger partial charge < -0.3 is 5.11 Å². The van der Waals surface area contributed by atoms with Crippen LogP contribution < -0.4 is 0 Å². The van der Waals surface area contributed by atoms with Gasteiger partial charge in [0.15, 0.2) is 0 Å². The van der Waals surface area contributed by atoms with Crippen molar-refractivity contribution in [2.75, 3.05) is 0 Å². The maximum absolute atomic E-state index is 14.3. The van der Waals surface area contributed by atoms with Crippen molar-refractivity contribution in [3.8, 4) is 5.75 Å².